The van der Waals surface area contributed by atoms with Crippen molar-refractivity contribution in [1.29, 1.82) is 0 Å². The molecule has 0 aliphatic carbocycles. The van der Waals surface area contributed by atoms with Gasteiger partial charge in [0.2, 0.25) is 5.91 Å². The van der Waals surface area contributed by atoms with Crippen molar-refractivity contribution in [1.82, 2.24) is 9.88 Å². The molecule has 0 aromatic carbocycles. The van der Waals surface area contributed by atoms with Crippen LogP contribution in [0.3, 0.4) is 0 Å². The number of hydrogen-bond acceptors (Lipinski definition) is 6. The SMILES string of the molecule is CC(C)[C@H]1COC(=O)N1C(=O)CCc1csc(N)n1. The molecule has 1 aromatic rings. The highest BCUT2D eigenvalue weighted by Gasteiger charge is 2.39. The number of anilines is 1. The number of nitrogens with zero attached hydrogens (tertiary/aromatic N) is 2. The molecule has 0 radical (unpaired) electrons. The van der Waals surface area contributed by atoms with Gasteiger partial charge in [-0.25, -0.2) is 14.7 Å². The second kappa shape index (κ2) is 5.56. The molecule has 2 heterocycles. The molecule has 1 aliphatic rings. The van der Waals surface area contributed by atoms with Crippen molar-refractivity contribution in [3.8, 4) is 0 Å². The summed E-state index contributed by atoms with van der Waals surface area (Å²) in [5.74, 6) is -0.0295. The first kappa shape index (κ1) is 13.8. The first-order chi connectivity index (χ1) is 8.99. The average molecular weight is 283 g/mol. The van der Waals surface area contributed by atoms with Gasteiger partial charge in [0.25, 0.3) is 0 Å². The average Bonchev–Trinajstić information content (AvgIpc) is 2.92. The van der Waals surface area contributed by atoms with Crippen LogP contribution in [0.5, 0.6) is 0 Å². The summed E-state index contributed by atoms with van der Waals surface area (Å²) in [6.07, 6.45) is 0.185. The molecule has 0 saturated carbocycles. The Morgan fingerprint density at radius 3 is 3.00 bits per heavy atom. The number of carbonyl (C=O) groups is 2. The van der Waals surface area contributed by atoms with Crippen LogP contribution in [-0.2, 0) is 16.0 Å². The van der Waals surface area contributed by atoms with E-state index in [9.17, 15) is 9.59 Å². The molecule has 1 aromatic heterocycles. The zero-order valence-electron chi connectivity index (χ0n) is 11.0. The second-order valence-corrected chi connectivity index (χ2v) is 5.72. The van der Waals surface area contributed by atoms with Crippen molar-refractivity contribution < 1.29 is 14.3 Å². The Morgan fingerprint density at radius 1 is 1.68 bits per heavy atom. The number of amides is 2. The molecular formula is C12H17N3O3S. The number of nitrogen functional groups attached to an aromatic ring is 1. The Labute approximate surface area is 115 Å². The van der Waals surface area contributed by atoms with Crippen LogP contribution in [0.4, 0.5) is 9.93 Å². The molecule has 1 aliphatic heterocycles. The third kappa shape index (κ3) is 3.04. The summed E-state index contributed by atoms with van der Waals surface area (Å²) >= 11 is 1.34. The number of carbonyl (C=O) groups excluding carboxylic acids is 2. The summed E-state index contributed by atoms with van der Waals surface area (Å²) in [5.41, 5.74) is 6.31. The maximum atomic E-state index is 12.1. The fourth-order valence-electron chi connectivity index (χ4n) is 2.01. The summed E-state index contributed by atoms with van der Waals surface area (Å²) < 4.78 is 4.95. The molecule has 2 amide bonds. The molecule has 0 unspecified atom stereocenters. The fourth-order valence-corrected chi connectivity index (χ4v) is 2.60. The standard InChI is InChI=1S/C12H17N3O3S/c1-7(2)9-5-18-12(17)15(9)10(16)4-3-8-6-19-11(13)14-8/h6-7,9H,3-5H2,1-2H3,(H2,13,14)/t9-/m1/s1. The molecule has 19 heavy (non-hydrogen) atoms. The number of thiazole rings is 1. The van der Waals surface area contributed by atoms with Crippen LogP contribution < -0.4 is 5.73 Å². The fraction of sp³-hybridized carbons (Fsp3) is 0.583. The maximum absolute atomic E-state index is 12.1. The first-order valence-corrected chi connectivity index (χ1v) is 7.05. The number of aryl methyl sites for hydroxylation is 1. The van der Waals surface area contributed by atoms with Crippen LogP contribution in [0.1, 0.15) is 26.0 Å². The Morgan fingerprint density at radius 2 is 2.42 bits per heavy atom. The van der Waals surface area contributed by atoms with Crippen LogP contribution in [0.15, 0.2) is 5.38 Å². The van der Waals surface area contributed by atoms with Gasteiger partial charge in [-0.2, -0.15) is 0 Å². The molecule has 1 fully saturated rings. The normalized spacial score (nSPS) is 19.0. The lowest BCUT2D eigenvalue weighted by Crippen LogP contribution is -2.41. The highest BCUT2D eigenvalue weighted by atomic mass is 32.1. The van der Waals surface area contributed by atoms with Crippen molar-refractivity contribution in [3.05, 3.63) is 11.1 Å². The van der Waals surface area contributed by atoms with Crippen molar-refractivity contribution in [3.63, 3.8) is 0 Å². The van der Waals surface area contributed by atoms with Gasteiger partial charge in [-0.1, -0.05) is 13.8 Å². The minimum Gasteiger partial charge on any atom is -0.447 e. The topological polar surface area (TPSA) is 85.5 Å². The van der Waals surface area contributed by atoms with E-state index in [2.05, 4.69) is 4.98 Å². The Hall–Kier alpha value is -1.63. The van der Waals surface area contributed by atoms with Crippen molar-refractivity contribution in [2.24, 2.45) is 5.92 Å². The Bertz CT molecular complexity index is 486. The molecule has 6 nitrogen and oxygen atoms in total. The predicted octanol–water partition coefficient (Wildman–Crippen LogP) is 1.66. The van der Waals surface area contributed by atoms with Gasteiger partial charge >= 0.3 is 6.09 Å². The van der Waals surface area contributed by atoms with E-state index in [4.69, 9.17) is 10.5 Å². The van der Waals surface area contributed by atoms with Crippen LogP contribution in [0.2, 0.25) is 0 Å². The molecule has 0 spiro atoms. The van der Waals surface area contributed by atoms with E-state index in [0.29, 0.717) is 11.6 Å². The van der Waals surface area contributed by atoms with Gasteiger partial charge in [-0.05, 0) is 12.3 Å². The number of cyclic esters (lactones) is 1. The number of imide groups is 1. The predicted molar refractivity (Wildman–Crippen MR) is 71.7 cm³/mol. The number of nitrogens with two attached hydrogens (primary N) is 1. The van der Waals surface area contributed by atoms with Gasteiger partial charge in [0, 0.05) is 11.8 Å². The van der Waals surface area contributed by atoms with Crippen LogP contribution in [0.25, 0.3) is 0 Å². The van der Waals surface area contributed by atoms with Gasteiger partial charge in [0.15, 0.2) is 5.13 Å². The van der Waals surface area contributed by atoms with E-state index in [-0.39, 0.29) is 30.9 Å². The smallest absolute Gasteiger partial charge is 0.416 e. The molecule has 1 saturated heterocycles. The zero-order chi connectivity index (χ0) is 14.0. The van der Waals surface area contributed by atoms with Crippen molar-refractivity contribution >= 4 is 28.5 Å². The van der Waals surface area contributed by atoms with Gasteiger partial charge in [-0.3, -0.25) is 4.79 Å². The van der Waals surface area contributed by atoms with E-state index in [1.165, 1.54) is 16.2 Å². The number of aromatic nitrogens is 1. The van der Waals surface area contributed by atoms with E-state index >= 15 is 0 Å². The maximum Gasteiger partial charge on any atom is 0.416 e. The third-order valence-corrected chi connectivity index (χ3v) is 3.83. The van der Waals surface area contributed by atoms with Gasteiger partial charge in [0.05, 0.1) is 11.7 Å². The lowest BCUT2D eigenvalue weighted by molar-refractivity contribution is -0.129. The molecule has 1 atom stereocenters. The van der Waals surface area contributed by atoms with Crippen LogP contribution >= 0.6 is 11.3 Å². The minimum atomic E-state index is -0.540. The Balaban J connectivity index is 1.96. The third-order valence-electron chi connectivity index (χ3n) is 3.11. The van der Waals surface area contributed by atoms with E-state index in [1.807, 2.05) is 19.2 Å². The van der Waals surface area contributed by atoms with Crippen LogP contribution in [0, 0.1) is 5.92 Å². The molecular weight excluding hydrogens is 266 g/mol. The summed E-state index contributed by atoms with van der Waals surface area (Å²) in [5, 5.41) is 2.31. The summed E-state index contributed by atoms with van der Waals surface area (Å²) in [4.78, 5) is 29.0. The quantitative estimate of drug-likeness (QED) is 0.908. The van der Waals surface area contributed by atoms with E-state index in [1.54, 1.807) is 0 Å². The first-order valence-electron chi connectivity index (χ1n) is 6.17. The molecule has 2 rings (SSSR count). The lowest BCUT2D eigenvalue weighted by Gasteiger charge is -2.22. The highest BCUT2D eigenvalue weighted by Crippen LogP contribution is 2.21. The van der Waals surface area contributed by atoms with Gasteiger partial charge in [0.1, 0.15) is 6.61 Å². The summed E-state index contributed by atoms with van der Waals surface area (Å²) in [6.45, 7) is 4.22. The zero-order valence-corrected chi connectivity index (χ0v) is 11.8. The Kier molecular flexibility index (Phi) is 4.04. The lowest BCUT2D eigenvalue weighted by atomic mass is 10.0. The number of rotatable bonds is 4. The van der Waals surface area contributed by atoms with Gasteiger partial charge in [-0.15, -0.1) is 11.3 Å². The monoisotopic (exact) mass is 283 g/mol. The van der Waals surface area contributed by atoms with Crippen LogP contribution in [-0.4, -0.2) is 34.5 Å². The molecule has 2 N–H and O–H groups in total. The van der Waals surface area contributed by atoms with Crippen molar-refractivity contribution in [2.75, 3.05) is 12.3 Å². The van der Waals surface area contributed by atoms with Crippen molar-refractivity contribution in [2.45, 2.75) is 32.7 Å². The summed E-state index contributed by atoms with van der Waals surface area (Å²) in [6, 6.07) is -0.166. The molecule has 7 heteroatoms. The largest absolute Gasteiger partial charge is 0.447 e. The highest BCUT2D eigenvalue weighted by molar-refractivity contribution is 7.13. The van der Waals surface area contributed by atoms with E-state index in [0.717, 1.165) is 5.69 Å². The minimum absolute atomic E-state index is 0.166. The second-order valence-electron chi connectivity index (χ2n) is 4.83. The summed E-state index contributed by atoms with van der Waals surface area (Å²) in [7, 11) is 0. The van der Waals surface area contributed by atoms with E-state index < -0.39 is 6.09 Å². The molecule has 104 valence electrons. The molecule has 0 bridgehead atoms. The number of ether oxygens (including phenoxy) is 1. The van der Waals surface area contributed by atoms with Gasteiger partial charge < -0.3 is 10.5 Å². The number of hydrogen-bond donors (Lipinski definition) is 1.